The molecule has 0 heterocycles. The molecule has 2 nitrogen and oxygen atoms in total. The highest BCUT2D eigenvalue weighted by Crippen LogP contribution is 2.71. The zero-order chi connectivity index (χ0) is 16.7. The lowest BCUT2D eigenvalue weighted by molar-refractivity contribution is -0.150. The second kappa shape index (κ2) is 4.51. The molecule has 0 aliphatic heterocycles. The second-order valence-corrected chi connectivity index (χ2v) is 9.54. The van der Waals surface area contributed by atoms with E-state index in [2.05, 4.69) is 19.9 Å². The zero-order valence-corrected chi connectivity index (χ0v) is 15.0. The molecule has 0 aromatic carbocycles. The molecule has 0 aromatic rings. The average molecular weight is 324 g/mol. The highest BCUT2D eigenvalue weighted by molar-refractivity contribution is 5.92. The molecule has 24 heavy (non-hydrogen) atoms. The van der Waals surface area contributed by atoms with Crippen LogP contribution in [0.5, 0.6) is 0 Å². The van der Waals surface area contributed by atoms with Gasteiger partial charge < -0.3 is 0 Å². The van der Waals surface area contributed by atoms with Crippen LogP contribution in [0.3, 0.4) is 0 Å². The highest BCUT2D eigenvalue weighted by atomic mass is 16.1. The second-order valence-electron chi connectivity index (χ2n) is 9.54. The topological polar surface area (TPSA) is 34.1 Å². The summed E-state index contributed by atoms with van der Waals surface area (Å²) in [7, 11) is 0. The normalized spacial score (nSPS) is 49.8. The number of Topliss-reactive ketones (excluding diaryl/α,β-unsaturated/α-hetero) is 1. The van der Waals surface area contributed by atoms with Crippen LogP contribution in [0.2, 0.25) is 0 Å². The van der Waals surface area contributed by atoms with Crippen LogP contribution in [0.15, 0.2) is 23.3 Å². The molecule has 1 spiro atoms. The number of fused-ring (bicyclic) bond motifs is 6. The molecule has 2 unspecified atom stereocenters. The van der Waals surface area contributed by atoms with Gasteiger partial charge in [-0.25, -0.2) is 0 Å². The van der Waals surface area contributed by atoms with Crippen molar-refractivity contribution in [2.24, 2.45) is 28.1 Å². The molecule has 3 fully saturated rings. The summed E-state index contributed by atoms with van der Waals surface area (Å²) in [6, 6.07) is 0. The van der Waals surface area contributed by atoms with Crippen molar-refractivity contribution in [2.45, 2.75) is 71.6 Å². The number of hydrogen-bond donors (Lipinski definition) is 0. The molecule has 0 radical (unpaired) electrons. The first kappa shape index (κ1) is 15.1. The number of allylic oxidation sites excluding steroid dienone is 4. The zero-order valence-electron chi connectivity index (χ0n) is 15.0. The molecule has 0 amide bonds. The summed E-state index contributed by atoms with van der Waals surface area (Å²) in [5, 5.41) is 0. The first-order valence-corrected chi connectivity index (χ1v) is 9.88. The Kier molecular flexibility index (Phi) is 2.84. The van der Waals surface area contributed by atoms with Gasteiger partial charge in [-0.15, -0.1) is 0 Å². The van der Waals surface area contributed by atoms with Gasteiger partial charge in [-0.1, -0.05) is 31.1 Å². The average Bonchev–Trinajstić information content (AvgIpc) is 2.89. The van der Waals surface area contributed by atoms with Gasteiger partial charge in [0.1, 0.15) is 5.78 Å². The Balaban J connectivity index is 1.58. The molecule has 0 bridgehead atoms. The highest BCUT2D eigenvalue weighted by Gasteiger charge is 2.67. The molecule has 2 heteroatoms. The minimum Gasteiger partial charge on any atom is -0.299 e. The van der Waals surface area contributed by atoms with Crippen molar-refractivity contribution in [1.82, 2.24) is 0 Å². The first-order valence-electron chi connectivity index (χ1n) is 9.88. The summed E-state index contributed by atoms with van der Waals surface area (Å²) in [6.07, 6.45) is 13.8. The van der Waals surface area contributed by atoms with Crippen LogP contribution in [-0.2, 0) is 9.59 Å². The summed E-state index contributed by atoms with van der Waals surface area (Å²) >= 11 is 0. The van der Waals surface area contributed by atoms with E-state index in [4.69, 9.17) is 0 Å². The fourth-order valence-corrected chi connectivity index (χ4v) is 7.38. The van der Waals surface area contributed by atoms with Crippen LogP contribution >= 0.6 is 0 Å². The standard InChI is InChI=1S/C22H28O2/c1-20-9-5-15(23)13-14(20)3-4-16-17(20)6-10-21(2)18(16)7-11-22(21)12-8-19(22)24/h6,13,16,18H,3-5,7-12H2,1-2H3/t16?,18?,20-,21-,22+/m0/s1. The third kappa shape index (κ3) is 1.54. The third-order valence-electron chi connectivity index (χ3n) is 9.01. The third-order valence-corrected chi connectivity index (χ3v) is 9.01. The monoisotopic (exact) mass is 324 g/mol. The number of rotatable bonds is 0. The fourth-order valence-electron chi connectivity index (χ4n) is 7.38. The SMILES string of the molecule is C[C@]12CCC(=O)C=C1CCC1C2=CC[C@@]2(C)C1CC[C@]21CCC1=O. The quantitative estimate of drug-likeness (QED) is 0.600. The summed E-state index contributed by atoms with van der Waals surface area (Å²) in [6.45, 7) is 4.80. The summed E-state index contributed by atoms with van der Waals surface area (Å²) in [4.78, 5) is 24.4. The minimum atomic E-state index is 0.0131. The lowest BCUT2D eigenvalue weighted by atomic mass is 9.45. The van der Waals surface area contributed by atoms with Gasteiger partial charge >= 0.3 is 0 Å². The summed E-state index contributed by atoms with van der Waals surface area (Å²) in [5.41, 5.74) is 3.34. The van der Waals surface area contributed by atoms with Crippen molar-refractivity contribution >= 4 is 11.6 Å². The van der Waals surface area contributed by atoms with Gasteiger partial charge in [0.2, 0.25) is 0 Å². The number of carbonyl (C=O) groups excluding carboxylic acids is 2. The Morgan fingerprint density at radius 3 is 2.54 bits per heavy atom. The van der Waals surface area contributed by atoms with E-state index in [0.717, 1.165) is 38.5 Å². The lowest BCUT2D eigenvalue weighted by Gasteiger charge is -2.57. The molecule has 0 aromatic heterocycles. The van der Waals surface area contributed by atoms with Gasteiger partial charge in [0.25, 0.3) is 0 Å². The van der Waals surface area contributed by atoms with Crippen LogP contribution in [0.25, 0.3) is 0 Å². The Morgan fingerprint density at radius 1 is 1.00 bits per heavy atom. The molecular formula is C22H28O2. The van der Waals surface area contributed by atoms with E-state index in [1.54, 1.807) is 5.57 Å². The van der Waals surface area contributed by atoms with E-state index in [-0.39, 0.29) is 16.2 Å². The van der Waals surface area contributed by atoms with Crippen LogP contribution in [0, 0.1) is 28.1 Å². The van der Waals surface area contributed by atoms with E-state index in [0.29, 0.717) is 29.8 Å². The largest absolute Gasteiger partial charge is 0.299 e. The van der Waals surface area contributed by atoms with Crippen molar-refractivity contribution in [3.05, 3.63) is 23.3 Å². The van der Waals surface area contributed by atoms with E-state index in [1.807, 2.05) is 6.08 Å². The smallest absolute Gasteiger partial charge is 0.155 e. The van der Waals surface area contributed by atoms with Crippen molar-refractivity contribution in [2.75, 3.05) is 0 Å². The van der Waals surface area contributed by atoms with E-state index < -0.39 is 0 Å². The Labute approximate surface area is 144 Å². The maximum absolute atomic E-state index is 12.5. The van der Waals surface area contributed by atoms with E-state index in [1.165, 1.54) is 18.4 Å². The van der Waals surface area contributed by atoms with Crippen LogP contribution in [-0.4, -0.2) is 11.6 Å². The Hall–Kier alpha value is -1.18. The van der Waals surface area contributed by atoms with Gasteiger partial charge in [-0.05, 0) is 68.3 Å². The molecular weight excluding hydrogens is 296 g/mol. The van der Waals surface area contributed by atoms with Crippen molar-refractivity contribution in [3.63, 3.8) is 0 Å². The molecule has 0 saturated heterocycles. The van der Waals surface area contributed by atoms with Gasteiger partial charge in [-0.2, -0.15) is 0 Å². The van der Waals surface area contributed by atoms with Gasteiger partial charge in [0.15, 0.2) is 5.78 Å². The van der Waals surface area contributed by atoms with Crippen molar-refractivity contribution in [1.29, 1.82) is 0 Å². The maximum Gasteiger partial charge on any atom is 0.155 e. The van der Waals surface area contributed by atoms with E-state index >= 15 is 0 Å². The van der Waals surface area contributed by atoms with Crippen LogP contribution < -0.4 is 0 Å². The predicted octanol–water partition coefficient (Wildman–Crippen LogP) is 4.79. The Bertz CT molecular complexity index is 713. The lowest BCUT2D eigenvalue weighted by Crippen LogP contribution is -2.54. The molecule has 5 aliphatic carbocycles. The molecule has 5 aliphatic rings. The van der Waals surface area contributed by atoms with Crippen LogP contribution in [0.4, 0.5) is 0 Å². The Morgan fingerprint density at radius 2 is 1.83 bits per heavy atom. The molecule has 0 N–H and O–H groups in total. The maximum atomic E-state index is 12.5. The van der Waals surface area contributed by atoms with Gasteiger partial charge in [0, 0.05) is 23.7 Å². The van der Waals surface area contributed by atoms with Crippen molar-refractivity contribution in [3.8, 4) is 0 Å². The summed E-state index contributed by atoms with van der Waals surface area (Å²) < 4.78 is 0. The number of ketones is 2. The molecule has 5 atom stereocenters. The fraction of sp³-hybridized carbons (Fsp3) is 0.727. The van der Waals surface area contributed by atoms with Gasteiger partial charge in [-0.3, -0.25) is 9.59 Å². The predicted molar refractivity (Wildman–Crippen MR) is 93.4 cm³/mol. The molecule has 128 valence electrons. The molecule has 3 saturated carbocycles. The van der Waals surface area contributed by atoms with E-state index in [9.17, 15) is 9.59 Å². The number of carbonyl (C=O) groups is 2. The minimum absolute atomic E-state index is 0.0131. The van der Waals surface area contributed by atoms with Gasteiger partial charge in [0.05, 0.1) is 0 Å². The summed E-state index contributed by atoms with van der Waals surface area (Å²) in [5.74, 6) is 2.20. The van der Waals surface area contributed by atoms with Crippen molar-refractivity contribution < 1.29 is 9.59 Å². The first-order chi connectivity index (χ1) is 11.4. The number of hydrogen-bond acceptors (Lipinski definition) is 2. The van der Waals surface area contributed by atoms with Crippen LogP contribution in [0.1, 0.15) is 71.6 Å². The molecule has 5 rings (SSSR count).